The summed E-state index contributed by atoms with van der Waals surface area (Å²) in [6.07, 6.45) is 3.94. The van der Waals surface area contributed by atoms with Crippen LogP contribution in [0.2, 0.25) is 0 Å². The number of carbonyl (C=O) groups is 1. The lowest BCUT2D eigenvalue weighted by atomic mass is 10.1. The van der Waals surface area contributed by atoms with Gasteiger partial charge in [0.25, 0.3) is 0 Å². The summed E-state index contributed by atoms with van der Waals surface area (Å²) in [4.78, 5) is 15.0. The standard InChI is InChI=1S/C19H18FNO2/c20-16-10-8-14(9-11-16)13-23-19(22)7-3-4-15-12-21-18-6-2-1-5-17(15)18/h1-2,5-6,8-12,21H,3-4,7,13H2. The molecule has 0 aliphatic rings. The number of carbonyl (C=O) groups excluding carboxylic acids is 1. The third-order valence-electron chi connectivity index (χ3n) is 3.82. The Morgan fingerprint density at radius 1 is 1.09 bits per heavy atom. The van der Waals surface area contributed by atoms with Gasteiger partial charge in [-0.1, -0.05) is 30.3 Å². The van der Waals surface area contributed by atoms with Crippen LogP contribution in [0.15, 0.2) is 54.7 Å². The Morgan fingerprint density at radius 2 is 1.87 bits per heavy atom. The van der Waals surface area contributed by atoms with E-state index in [4.69, 9.17) is 4.74 Å². The lowest BCUT2D eigenvalue weighted by Crippen LogP contribution is -2.05. The first-order valence-electron chi connectivity index (χ1n) is 7.67. The van der Waals surface area contributed by atoms with E-state index >= 15 is 0 Å². The Balaban J connectivity index is 1.45. The van der Waals surface area contributed by atoms with E-state index in [2.05, 4.69) is 11.1 Å². The van der Waals surface area contributed by atoms with Crippen molar-refractivity contribution in [3.63, 3.8) is 0 Å². The second-order valence-corrected chi connectivity index (χ2v) is 5.50. The van der Waals surface area contributed by atoms with Crippen LogP contribution in [0.4, 0.5) is 4.39 Å². The Morgan fingerprint density at radius 3 is 2.70 bits per heavy atom. The first kappa shape index (κ1) is 15.3. The predicted octanol–water partition coefficient (Wildman–Crippen LogP) is 4.37. The summed E-state index contributed by atoms with van der Waals surface area (Å²) in [5, 5.41) is 1.20. The first-order valence-corrected chi connectivity index (χ1v) is 7.67. The highest BCUT2D eigenvalue weighted by Crippen LogP contribution is 2.19. The van der Waals surface area contributed by atoms with Crippen molar-refractivity contribution < 1.29 is 13.9 Å². The largest absolute Gasteiger partial charge is 0.461 e. The summed E-state index contributed by atoms with van der Waals surface area (Å²) < 4.78 is 18.0. The molecule has 3 rings (SSSR count). The molecule has 0 spiro atoms. The van der Waals surface area contributed by atoms with Crippen molar-refractivity contribution in [3.05, 3.63) is 71.7 Å². The Hall–Kier alpha value is -2.62. The number of H-pyrrole nitrogens is 1. The van der Waals surface area contributed by atoms with Crippen molar-refractivity contribution in [2.75, 3.05) is 0 Å². The number of aryl methyl sites for hydroxylation is 1. The Bertz CT molecular complexity index is 792. The zero-order chi connectivity index (χ0) is 16.1. The van der Waals surface area contributed by atoms with Crippen molar-refractivity contribution in [2.24, 2.45) is 0 Å². The number of esters is 1. The molecule has 0 unspecified atom stereocenters. The number of para-hydroxylation sites is 1. The Labute approximate surface area is 134 Å². The number of aromatic amines is 1. The van der Waals surface area contributed by atoms with E-state index in [-0.39, 0.29) is 18.4 Å². The molecule has 1 heterocycles. The van der Waals surface area contributed by atoms with Gasteiger partial charge < -0.3 is 9.72 Å². The minimum atomic E-state index is -0.293. The number of aromatic nitrogens is 1. The molecule has 0 aliphatic carbocycles. The molecule has 4 heteroatoms. The highest BCUT2D eigenvalue weighted by Gasteiger charge is 2.07. The summed E-state index contributed by atoms with van der Waals surface area (Å²) in [5.41, 5.74) is 3.12. The predicted molar refractivity (Wildman–Crippen MR) is 87.4 cm³/mol. The molecule has 0 bridgehead atoms. The van der Waals surface area contributed by atoms with E-state index in [1.807, 2.05) is 24.4 Å². The smallest absolute Gasteiger partial charge is 0.306 e. The molecule has 23 heavy (non-hydrogen) atoms. The third-order valence-corrected chi connectivity index (χ3v) is 3.82. The summed E-state index contributed by atoms with van der Waals surface area (Å²) in [6, 6.07) is 14.1. The number of hydrogen-bond donors (Lipinski definition) is 1. The molecule has 0 aliphatic heterocycles. The fourth-order valence-corrected chi connectivity index (χ4v) is 2.58. The molecule has 3 nitrogen and oxygen atoms in total. The molecule has 2 aromatic carbocycles. The highest BCUT2D eigenvalue weighted by atomic mass is 19.1. The van der Waals surface area contributed by atoms with E-state index in [1.165, 1.54) is 23.1 Å². The fraction of sp³-hybridized carbons (Fsp3) is 0.211. The van der Waals surface area contributed by atoms with Crippen molar-refractivity contribution >= 4 is 16.9 Å². The van der Waals surface area contributed by atoms with Crippen LogP contribution in [0.1, 0.15) is 24.0 Å². The lowest BCUT2D eigenvalue weighted by Gasteiger charge is -2.05. The highest BCUT2D eigenvalue weighted by molar-refractivity contribution is 5.83. The second-order valence-electron chi connectivity index (χ2n) is 5.50. The van der Waals surface area contributed by atoms with Gasteiger partial charge >= 0.3 is 5.97 Å². The molecule has 0 saturated carbocycles. The number of benzene rings is 2. The van der Waals surface area contributed by atoms with E-state index in [1.54, 1.807) is 12.1 Å². The molecular weight excluding hydrogens is 293 g/mol. The van der Waals surface area contributed by atoms with Crippen molar-refractivity contribution in [2.45, 2.75) is 25.9 Å². The lowest BCUT2D eigenvalue weighted by molar-refractivity contribution is -0.145. The third kappa shape index (κ3) is 3.97. The molecule has 0 fully saturated rings. The van der Waals surface area contributed by atoms with Crippen LogP contribution in [0.3, 0.4) is 0 Å². The van der Waals surface area contributed by atoms with Crippen LogP contribution in [0, 0.1) is 5.82 Å². The summed E-state index contributed by atoms with van der Waals surface area (Å²) in [7, 11) is 0. The second kappa shape index (κ2) is 7.09. The van der Waals surface area contributed by atoms with Gasteiger partial charge in [0.2, 0.25) is 0 Å². The first-order chi connectivity index (χ1) is 11.2. The van der Waals surface area contributed by atoms with Crippen LogP contribution in [-0.2, 0) is 22.6 Å². The minimum Gasteiger partial charge on any atom is -0.461 e. The molecule has 0 atom stereocenters. The van der Waals surface area contributed by atoms with E-state index in [9.17, 15) is 9.18 Å². The molecule has 0 saturated heterocycles. The van der Waals surface area contributed by atoms with Crippen molar-refractivity contribution in [3.8, 4) is 0 Å². The maximum Gasteiger partial charge on any atom is 0.306 e. The summed E-state index contributed by atoms with van der Waals surface area (Å²) >= 11 is 0. The van der Waals surface area contributed by atoms with E-state index in [0.29, 0.717) is 6.42 Å². The van der Waals surface area contributed by atoms with Crippen LogP contribution >= 0.6 is 0 Å². The number of fused-ring (bicyclic) bond motifs is 1. The van der Waals surface area contributed by atoms with Gasteiger partial charge in [-0.05, 0) is 42.2 Å². The average Bonchev–Trinajstić information content (AvgIpc) is 2.98. The molecule has 1 aromatic heterocycles. The van der Waals surface area contributed by atoms with Gasteiger partial charge in [0.15, 0.2) is 0 Å². The van der Waals surface area contributed by atoms with Crippen LogP contribution in [0.25, 0.3) is 10.9 Å². The van der Waals surface area contributed by atoms with E-state index in [0.717, 1.165) is 23.9 Å². The van der Waals surface area contributed by atoms with Gasteiger partial charge in [-0.15, -0.1) is 0 Å². The number of rotatable bonds is 6. The van der Waals surface area contributed by atoms with E-state index < -0.39 is 0 Å². The SMILES string of the molecule is O=C(CCCc1c[nH]c2ccccc12)OCc1ccc(F)cc1. The normalized spacial score (nSPS) is 10.8. The number of ether oxygens (including phenoxy) is 1. The molecular formula is C19H18FNO2. The maximum absolute atomic E-state index is 12.8. The maximum atomic E-state index is 12.8. The monoisotopic (exact) mass is 311 g/mol. The average molecular weight is 311 g/mol. The van der Waals surface area contributed by atoms with Crippen molar-refractivity contribution in [1.29, 1.82) is 0 Å². The number of hydrogen-bond acceptors (Lipinski definition) is 2. The van der Waals surface area contributed by atoms with Crippen LogP contribution < -0.4 is 0 Å². The molecule has 3 aromatic rings. The number of halogens is 1. The van der Waals surface area contributed by atoms with Gasteiger partial charge in [-0.3, -0.25) is 4.79 Å². The summed E-state index contributed by atoms with van der Waals surface area (Å²) in [5.74, 6) is -0.520. The van der Waals surface area contributed by atoms with Gasteiger partial charge in [0.05, 0.1) is 0 Å². The van der Waals surface area contributed by atoms with Crippen molar-refractivity contribution in [1.82, 2.24) is 4.98 Å². The molecule has 118 valence electrons. The van der Waals surface area contributed by atoms with Crippen LogP contribution in [-0.4, -0.2) is 11.0 Å². The van der Waals surface area contributed by atoms with Crippen LogP contribution in [0.5, 0.6) is 0 Å². The zero-order valence-electron chi connectivity index (χ0n) is 12.7. The minimum absolute atomic E-state index is 0.187. The zero-order valence-corrected chi connectivity index (χ0v) is 12.7. The topological polar surface area (TPSA) is 42.1 Å². The van der Waals surface area contributed by atoms with Gasteiger partial charge in [0, 0.05) is 23.5 Å². The Kier molecular flexibility index (Phi) is 4.71. The van der Waals surface area contributed by atoms with Gasteiger partial charge in [-0.25, -0.2) is 4.39 Å². The fourth-order valence-electron chi connectivity index (χ4n) is 2.58. The van der Waals surface area contributed by atoms with Gasteiger partial charge in [0.1, 0.15) is 12.4 Å². The summed E-state index contributed by atoms with van der Waals surface area (Å²) in [6.45, 7) is 0.187. The molecule has 0 amide bonds. The van der Waals surface area contributed by atoms with Gasteiger partial charge in [-0.2, -0.15) is 0 Å². The number of nitrogens with one attached hydrogen (secondary N) is 1. The quantitative estimate of drug-likeness (QED) is 0.687. The molecule has 0 radical (unpaired) electrons. The molecule has 1 N–H and O–H groups in total.